The van der Waals surface area contributed by atoms with Gasteiger partial charge in [-0.3, -0.25) is 0 Å². The summed E-state index contributed by atoms with van der Waals surface area (Å²) >= 11 is 3.60. The molecule has 22 heavy (non-hydrogen) atoms. The lowest BCUT2D eigenvalue weighted by molar-refractivity contribution is 1.50. The van der Waals surface area contributed by atoms with Crippen LogP contribution in [0.5, 0.6) is 0 Å². The number of H-pyrrole nitrogens is 2. The van der Waals surface area contributed by atoms with Gasteiger partial charge in [0.2, 0.25) is 0 Å². The largest absolute Gasteiger partial charge is 0.354 e. The maximum absolute atomic E-state index is 3.50. The van der Waals surface area contributed by atoms with Crippen molar-refractivity contribution < 1.29 is 0 Å². The van der Waals surface area contributed by atoms with Crippen LogP contribution in [-0.4, -0.2) is 9.97 Å². The van der Waals surface area contributed by atoms with Crippen molar-refractivity contribution in [3.63, 3.8) is 0 Å². The van der Waals surface area contributed by atoms with Crippen molar-refractivity contribution in [1.29, 1.82) is 0 Å². The Labute approximate surface area is 137 Å². The van der Waals surface area contributed by atoms with Gasteiger partial charge in [0.15, 0.2) is 0 Å². The Kier molecular flexibility index (Phi) is 4.23. The number of benzene rings is 1. The topological polar surface area (TPSA) is 31.6 Å². The van der Waals surface area contributed by atoms with E-state index in [2.05, 4.69) is 45.0 Å². The van der Waals surface area contributed by atoms with E-state index in [1.807, 2.05) is 27.7 Å². The van der Waals surface area contributed by atoms with E-state index in [1.54, 1.807) is 22.7 Å². The second-order valence-corrected chi connectivity index (χ2v) is 6.35. The summed E-state index contributed by atoms with van der Waals surface area (Å²) in [5.41, 5.74) is 4.95. The number of thiophene rings is 2. The number of nitrogens with one attached hydrogen (secondary N) is 2. The molecule has 4 heterocycles. The molecule has 2 N–H and O–H groups in total. The fourth-order valence-corrected chi connectivity index (χ4v) is 4.47. The second kappa shape index (κ2) is 6.15. The zero-order chi connectivity index (χ0) is 15.7. The minimum atomic E-state index is 1.23. The Morgan fingerprint density at radius 3 is 1.45 bits per heavy atom. The summed E-state index contributed by atoms with van der Waals surface area (Å²) in [5.74, 6) is 0. The van der Waals surface area contributed by atoms with Gasteiger partial charge in [0.1, 0.15) is 0 Å². The Morgan fingerprint density at radius 1 is 0.636 bits per heavy atom. The third kappa shape index (κ3) is 2.14. The Hall–Kier alpha value is -1.78. The summed E-state index contributed by atoms with van der Waals surface area (Å²) in [7, 11) is 0. The predicted octanol–water partition coefficient (Wildman–Crippen LogP) is 7.13. The molecule has 4 heteroatoms. The Balaban J connectivity index is 0.000000336. The van der Waals surface area contributed by atoms with Crippen LogP contribution in [0.3, 0.4) is 0 Å². The molecule has 0 fully saturated rings. The third-order valence-electron chi connectivity index (χ3n) is 3.52. The van der Waals surface area contributed by atoms with Gasteiger partial charge < -0.3 is 9.97 Å². The van der Waals surface area contributed by atoms with E-state index in [-0.39, 0.29) is 0 Å². The van der Waals surface area contributed by atoms with E-state index in [0.29, 0.717) is 0 Å². The number of aromatic amines is 2. The van der Waals surface area contributed by atoms with Crippen LogP contribution in [0.25, 0.3) is 42.2 Å². The molecule has 114 valence electrons. The van der Waals surface area contributed by atoms with Crippen LogP contribution in [0.1, 0.15) is 27.7 Å². The summed E-state index contributed by atoms with van der Waals surface area (Å²) in [6.45, 7) is 8.00. The first kappa shape index (κ1) is 15.1. The Morgan fingerprint density at radius 2 is 1.05 bits per heavy atom. The fourth-order valence-electron chi connectivity index (χ4n) is 2.70. The summed E-state index contributed by atoms with van der Waals surface area (Å²) in [5, 5.41) is 6.92. The number of aromatic nitrogens is 2. The molecule has 0 aliphatic heterocycles. The molecule has 4 aromatic heterocycles. The van der Waals surface area contributed by atoms with E-state index in [1.165, 1.54) is 42.2 Å². The van der Waals surface area contributed by atoms with E-state index in [4.69, 9.17) is 0 Å². The molecule has 0 aliphatic rings. The van der Waals surface area contributed by atoms with E-state index in [0.717, 1.165) is 0 Å². The molecule has 0 unspecified atom stereocenters. The first-order valence-electron chi connectivity index (χ1n) is 7.78. The van der Waals surface area contributed by atoms with Crippen LogP contribution < -0.4 is 0 Å². The molecule has 0 atom stereocenters. The van der Waals surface area contributed by atoms with Crippen molar-refractivity contribution in [2.45, 2.75) is 27.7 Å². The molecule has 5 aromatic rings. The predicted molar refractivity (Wildman–Crippen MR) is 104 cm³/mol. The van der Waals surface area contributed by atoms with Crippen LogP contribution in [0.4, 0.5) is 0 Å². The average molecular weight is 329 g/mol. The van der Waals surface area contributed by atoms with Gasteiger partial charge in [-0.2, -0.15) is 0 Å². The SMILES string of the molecule is CC.CC.c1cc2[nH]c3cc4c(cc3c2s1)[nH]c1ccsc14. The molecule has 0 amide bonds. The van der Waals surface area contributed by atoms with Crippen molar-refractivity contribution in [3.05, 3.63) is 35.0 Å². The van der Waals surface area contributed by atoms with Crippen LogP contribution in [0, 0.1) is 0 Å². The highest BCUT2D eigenvalue weighted by atomic mass is 32.1. The molecule has 0 bridgehead atoms. The van der Waals surface area contributed by atoms with E-state index < -0.39 is 0 Å². The van der Waals surface area contributed by atoms with Crippen LogP contribution >= 0.6 is 22.7 Å². The van der Waals surface area contributed by atoms with Gasteiger partial charge in [-0.05, 0) is 35.0 Å². The second-order valence-electron chi connectivity index (χ2n) is 4.52. The molecular formula is C18H20N2S2. The zero-order valence-electron chi connectivity index (χ0n) is 13.3. The van der Waals surface area contributed by atoms with Crippen LogP contribution in [0.2, 0.25) is 0 Å². The highest BCUT2D eigenvalue weighted by Gasteiger charge is 2.10. The van der Waals surface area contributed by atoms with Crippen LogP contribution in [-0.2, 0) is 0 Å². The highest BCUT2D eigenvalue weighted by Crippen LogP contribution is 2.36. The number of fused-ring (bicyclic) bond motifs is 6. The first-order valence-corrected chi connectivity index (χ1v) is 9.54. The molecule has 2 nitrogen and oxygen atoms in total. The van der Waals surface area contributed by atoms with Crippen molar-refractivity contribution in [2.75, 3.05) is 0 Å². The van der Waals surface area contributed by atoms with Gasteiger partial charge in [0.05, 0.1) is 20.4 Å². The lowest BCUT2D eigenvalue weighted by Crippen LogP contribution is -1.70. The van der Waals surface area contributed by atoms with Crippen molar-refractivity contribution in [3.8, 4) is 0 Å². The smallest absolute Gasteiger partial charge is 0.0599 e. The van der Waals surface area contributed by atoms with Crippen molar-refractivity contribution in [1.82, 2.24) is 9.97 Å². The van der Waals surface area contributed by atoms with Gasteiger partial charge in [-0.15, -0.1) is 22.7 Å². The maximum atomic E-state index is 3.50. The molecule has 0 aliphatic carbocycles. The highest BCUT2D eigenvalue weighted by molar-refractivity contribution is 7.18. The minimum absolute atomic E-state index is 1.23. The summed E-state index contributed by atoms with van der Waals surface area (Å²) in [6, 6.07) is 8.84. The lowest BCUT2D eigenvalue weighted by atomic mass is 10.2. The first-order chi connectivity index (χ1) is 10.9. The average Bonchev–Trinajstić information content (AvgIpc) is 3.29. The molecule has 0 radical (unpaired) electrons. The fraction of sp³-hybridized carbons (Fsp3) is 0.222. The van der Waals surface area contributed by atoms with Gasteiger partial charge in [0.25, 0.3) is 0 Å². The van der Waals surface area contributed by atoms with Crippen molar-refractivity contribution >= 4 is 64.9 Å². The molecule has 5 rings (SSSR count). The quantitative estimate of drug-likeness (QED) is 0.303. The lowest BCUT2D eigenvalue weighted by Gasteiger charge is -1.92. The molecular weight excluding hydrogens is 308 g/mol. The zero-order valence-corrected chi connectivity index (χ0v) is 14.9. The molecule has 0 spiro atoms. The van der Waals surface area contributed by atoms with Gasteiger partial charge in [0, 0.05) is 21.8 Å². The van der Waals surface area contributed by atoms with E-state index >= 15 is 0 Å². The number of hydrogen-bond acceptors (Lipinski definition) is 2. The third-order valence-corrected chi connectivity index (χ3v) is 5.41. The van der Waals surface area contributed by atoms with Crippen molar-refractivity contribution in [2.24, 2.45) is 0 Å². The van der Waals surface area contributed by atoms with Gasteiger partial charge >= 0.3 is 0 Å². The Bertz CT molecular complexity index is 942. The van der Waals surface area contributed by atoms with Gasteiger partial charge in [-0.25, -0.2) is 0 Å². The summed E-state index contributed by atoms with van der Waals surface area (Å²) < 4.78 is 2.70. The van der Waals surface area contributed by atoms with Gasteiger partial charge in [-0.1, -0.05) is 27.7 Å². The maximum Gasteiger partial charge on any atom is 0.0599 e. The minimum Gasteiger partial charge on any atom is -0.354 e. The molecule has 0 saturated heterocycles. The van der Waals surface area contributed by atoms with Crippen LogP contribution in [0.15, 0.2) is 35.0 Å². The molecule has 0 saturated carbocycles. The molecule has 1 aromatic carbocycles. The summed E-state index contributed by atoms with van der Waals surface area (Å²) in [6.07, 6.45) is 0. The van der Waals surface area contributed by atoms with E-state index in [9.17, 15) is 0 Å². The summed E-state index contributed by atoms with van der Waals surface area (Å²) in [4.78, 5) is 7.00. The monoisotopic (exact) mass is 328 g/mol. The standard InChI is InChI=1S/C14H8N2S2.2C2H6/c1-3-17-13-7-5-12-8(6-11(7)15-9(1)13)14-10(16-12)2-4-18-14;2*1-2/h1-6,15-16H;2*1-2H3. The normalized spacial score (nSPS) is 10.7. The number of hydrogen-bond donors (Lipinski definition) is 2. The number of rotatable bonds is 0.